The standard InChI is InChI=1S/C12H22N6O/c1-6(2)8-11(15-5-16-12(8)18-14)17-9(7(3)4)10(13)19/h5-7,9H,14H2,1-4H3,(H2,13,19)(H2,15,16,17,18). The number of nitrogen functional groups attached to an aromatic ring is 1. The van der Waals surface area contributed by atoms with E-state index in [1.54, 1.807) is 0 Å². The van der Waals surface area contributed by atoms with Crippen LogP contribution in [-0.4, -0.2) is 21.9 Å². The lowest BCUT2D eigenvalue weighted by Crippen LogP contribution is -2.40. The largest absolute Gasteiger partial charge is 0.368 e. The zero-order valence-corrected chi connectivity index (χ0v) is 11.8. The van der Waals surface area contributed by atoms with Crippen LogP contribution >= 0.6 is 0 Å². The average Bonchev–Trinajstić information content (AvgIpc) is 2.34. The van der Waals surface area contributed by atoms with E-state index in [1.807, 2.05) is 27.7 Å². The minimum absolute atomic E-state index is 0.0572. The lowest BCUT2D eigenvalue weighted by molar-refractivity contribution is -0.119. The van der Waals surface area contributed by atoms with E-state index in [0.29, 0.717) is 11.6 Å². The second kappa shape index (κ2) is 6.33. The summed E-state index contributed by atoms with van der Waals surface area (Å²) in [6, 6.07) is -0.488. The van der Waals surface area contributed by atoms with Crippen LogP contribution in [0.3, 0.4) is 0 Å². The molecular formula is C12H22N6O. The van der Waals surface area contributed by atoms with Crippen molar-refractivity contribution in [3.8, 4) is 0 Å². The fourth-order valence-electron chi connectivity index (χ4n) is 1.89. The highest BCUT2D eigenvalue weighted by molar-refractivity contribution is 5.83. The van der Waals surface area contributed by atoms with Crippen molar-refractivity contribution in [3.05, 3.63) is 11.9 Å². The van der Waals surface area contributed by atoms with E-state index in [1.165, 1.54) is 6.33 Å². The molecular weight excluding hydrogens is 244 g/mol. The molecule has 7 heteroatoms. The minimum Gasteiger partial charge on any atom is -0.368 e. The maximum absolute atomic E-state index is 11.5. The van der Waals surface area contributed by atoms with Crippen LogP contribution in [0.2, 0.25) is 0 Å². The molecule has 1 unspecified atom stereocenters. The van der Waals surface area contributed by atoms with Gasteiger partial charge in [0, 0.05) is 5.56 Å². The fourth-order valence-corrected chi connectivity index (χ4v) is 1.89. The van der Waals surface area contributed by atoms with Gasteiger partial charge < -0.3 is 16.5 Å². The summed E-state index contributed by atoms with van der Waals surface area (Å²) in [4.78, 5) is 19.7. The van der Waals surface area contributed by atoms with Crippen molar-refractivity contribution in [2.75, 3.05) is 10.7 Å². The van der Waals surface area contributed by atoms with Crippen LogP contribution in [0.15, 0.2) is 6.33 Å². The number of primary amides is 1. The first kappa shape index (κ1) is 15.2. The molecule has 19 heavy (non-hydrogen) atoms. The molecule has 1 rings (SSSR count). The monoisotopic (exact) mass is 266 g/mol. The first-order valence-electron chi connectivity index (χ1n) is 6.25. The number of rotatable bonds is 6. The van der Waals surface area contributed by atoms with Crippen molar-refractivity contribution >= 4 is 17.5 Å². The van der Waals surface area contributed by atoms with Crippen molar-refractivity contribution in [1.82, 2.24) is 9.97 Å². The number of anilines is 2. The van der Waals surface area contributed by atoms with Gasteiger partial charge >= 0.3 is 0 Å². The molecule has 0 aliphatic carbocycles. The molecule has 1 amide bonds. The zero-order valence-electron chi connectivity index (χ0n) is 11.8. The Morgan fingerprint density at radius 3 is 2.21 bits per heavy atom. The molecule has 0 bridgehead atoms. The van der Waals surface area contributed by atoms with E-state index in [-0.39, 0.29) is 11.8 Å². The van der Waals surface area contributed by atoms with Crippen molar-refractivity contribution < 1.29 is 4.79 Å². The Bertz CT molecular complexity index is 446. The van der Waals surface area contributed by atoms with Gasteiger partial charge in [0.25, 0.3) is 0 Å². The van der Waals surface area contributed by atoms with Crippen molar-refractivity contribution in [1.29, 1.82) is 0 Å². The van der Waals surface area contributed by atoms with Gasteiger partial charge in [0.05, 0.1) is 0 Å². The van der Waals surface area contributed by atoms with Gasteiger partial charge in [0.15, 0.2) is 0 Å². The highest BCUT2D eigenvalue weighted by Crippen LogP contribution is 2.28. The van der Waals surface area contributed by atoms with Gasteiger partial charge in [-0.3, -0.25) is 4.79 Å². The number of aromatic nitrogens is 2. The van der Waals surface area contributed by atoms with Crippen molar-refractivity contribution in [3.63, 3.8) is 0 Å². The molecule has 0 saturated carbocycles. The Hall–Kier alpha value is -1.89. The number of hydrogen-bond donors (Lipinski definition) is 4. The molecule has 1 atom stereocenters. The molecule has 0 aliphatic heterocycles. The third-order valence-electron chi connectivity index (χ3n) is 2.86. The zero-order chi connectivity index (χ0) is 14.6. The highest BCUT2D eigenvalue weighted by atomic mass is 16.1. The van der Waals surface area contributed by atoms with Gasteiger partial charge in [-0.1, -0.05) is 27.7 Å². The summed E-state index contributed by atoms with van der Waals surface area (Å²) in [5.74, 6) is 6.36. The normalized spacial score (nSPS) is 12.6. The molecule has 7 nitrogen and oxygen atoms in total. The molecule has 0 radical (unpaired) electrons. The summed E-state index contributed by atoms with van der Waals surface area (Å²) in [7, 11) is 0. The Morgan fingerprint density at radius 2 is 1.79 bits per heavy atom. The van der Waals surface area contributed by atoms with Gasteiger partial charge in [0.1, 0.15) is 24.0 Å². The predicted molar refractivity (Wildman–Crippen MR) is 75.4 cm³/mol. The third-order valence-corrected chi connectivity index (χ3v) is 2.86. The smallest absolute Gasteiger partial charge is 0.240 e. The highest BCUT2D eigenvalue weighted by Gasteiger charge is 2.23. The van der Waals surface area contributed by atoms with Crippen LogP contribution < -0.4 is 22.3 Å². The van der Waals surface area contributed by atoms with E-state index in [0.717, 1.165) is 5.56 Å². The number of nitrogens with two attached hydrogens (primary N) is 2. The lowest BCUT2D eigenvalue weighted by Gasteiger charge is -2.23. The van der Waals surface area contributed by atoms with Gasteiger partial charge in [-0.15, -0.1) is 0 Å². The van der Waals surface area contributed by atoms with E-state index in [9.17, 15) is 4.79 Å². The van der Waals surface area contributed by atoms with Crippen molar-refractivity contribution in [2.24, 2.45) is 17.5 Å². The Kier molecular flexibility index (Phi) is 5.05. The van der Waals surface area contributed by atoms with Crippen LogP contribution in [0, 0.1) is 5.92 Å². The molecule has 0 aromatic carbocycles. The second-order valence-electron chi connectivity index (χ2n) is 5.05. The summed E-state index contributed by atoms with van der Waals surface area (Å²) in [5, 5.41) is 3.08. The predicted octanol–water partition coefficient (Wildman–Crippen LogP) is 0.807. The summed E-state index contributed by atoms with van der Waals surface area (Å²) in [6.45, 7) is 7.83. The van der Waals surface area contributed by atoms with E-state index in [4.69, 9.17) is 11.6 Å². The molecule has 6 N–H and O–H groups in total. The fraction of sp³-hybridized carbons (Fsp3) is 0.583. The Balaban J connectivity index is 3.16. The molecule has 1 aromatic rings. The quantitative estimate of drug-likeness (QED) is 0.447. The number of amides is 1. The van der Waals surface area contributed by atoms with E-state index in [2.05, 4.69) is 20.7 Å². The molecule has 0 saturated heterocycles. The number of nitrogens with zero attached hydrogens (tertiary/aromatic N) is 2. The number of hydrogen-bond acceptors (Lipinski definition) is 6. The molecule has 0 fully saturated rings. The maximum Gasteiger partial charge on any atom is 0.240 e. The summed E-state index contributed by atoms with van der Waals surface area (Å²) in [5.41, 5.74) is 8.77. The van der Waals surface area contributed by atoms with Gasteiger partial charge in [-0.05, 0) is 11.8 Å². The Labute approximate surface area is 113 Å². The number of nitrogens with one attached hydrogen (secondary N) is 2. The van der Waals surface area contributed by atoms with E-state index >= 15 is 0 Å². The summed E-state index contributed by atoms with van der Waals surface area (Å²) >= 11 is 0. The molecule has 0 aliphatic rings. The van der Waals surface area contributed by atoms with Crippen LogP contribution in [0.25, 0.3) is 0 Å². The Morgan fingerprint density at radius 1 is 1.21 bits per heavy atom. The second-order valence-corrected chi connectivity index (χ2v) is 5.05. The summed E-state index contributed by atoms with van der Waals surface area (Å²) in [6.07, 6.45) is 1.39. The molecule has 1 aromatic heterocycles. The lowest BCUT2D eigenvalue weighted by atomic mass is 10.0. The van der Waals surface area contributed by atoms with Crippen LogP contribution in [0.5, 0.6) is 0 Å². The van der Waals surface area contributed by atoms with Gasteiger partial charge in [-0.25, -0.2) is 15.8 Å². The minimum atomic E-state index is -0.488. The van der Waals surface area contributed by atoms with Gasteiger partial charge in [0.2, 0.25) is 5.91 Å². The SMILES string of the molecule is CC(C)c1c(NN)ncnc1NC(C(N)=O)C(C)C. The number of carbonyl (C=O) groups is 1. The summed E-state index contributed by atoms with van der Waals surface area (Å²) < 4.78 is 0. The third kappa shape index (κ3) is 3.54. The first-order valence-corrected chi connectivity index (χ1v) is 6.25. The topological polar surface area (TPSA) is 119 Å². The maximum atomic E-state index is 11.5. The first-order chi connectivity index (χ1) is 8.88. The molecule has 0 spiro atoms. The number of hydrazine groups is 1. The van der Waals surface area contributed by atoms with Gasteiger partial charge in [-0.2, -0.15) is 0 Å². The van der Waals surface area contributed by atoms with Crippen LogP contribution in [0.4, 0.5) is 11.6 Å². The van der Waals surface area contributed by atoms with Crippen LogP contribution in [-0.2, 0) is 4.79 Å². The van der Waals surface area contributed by atoms with Crippen molar-refractivity contribution in [2.45, 2.75) is 39.7 Å². The molecule has 106 valence electrons. The van der Waals surface area contributed by atoms with Crippen LogP contribution in [0.1, 0.15) is 39.2 Å². The van der Waals surface area contributed by atoms with E-state index < -0.39 is 11.9 Å². The number of carbonyl (C=O) groups excluding carboxylic acids is 1. The average molecular weight is 266 g/mol. The molecule has 1 heterocycles.